The van der Waals surface area contributed by atoms with Gasteiger partial charge in [-0.3, -0.25) is 4.79 Å². The van der Waals surface area contributed by atoms with Crippen LogP contribution in [0.25, 0.3) is 0 Å². The summed E-state index contributed by atoms with van der Waals surface area (Å²) in [5, 5.41) is 16.5. The van der Waals surface area contributed by atoms with Gasteiger partial charge >= 0.3 is 0 Å². The van der Waals surface area contributed by atoms with Gasteiger partial charge < -0.3 is 10.4 Å². The van der Waals surface area contributed by atoms with E-state index in [0.717, 1.165) is 16.3 Å². The quantitative estimate of drug-likeness (QED) is 0.399. The Bertz CT molecular complexity index is 616. The molecule has 2 rings (SSSR count). The number of nitrogens with one attached hydrogen (secondary N) is 1. The lowest BCUT2D eigenvalue weighted by Crippen LogP contribution is -2.29. The summed E-state index contributed by atoms with van der Waals surface area (Å²) in [7, 11) is 0. The van der Waals surface area contributed by atoms with Crippen LogP contribution in [0.3, 0.4) is 0 Å². The van der Waals surface area contributed by atoms with Crippen molar-refractivity contribution in [1.82, 2.24) is 5.32 Å². The van der Waals surface area contributed by atoms with Gasteiger partial charge in [-0.1, -0.05) is 0 Å². The average molecular weight is 625 g/mol. The van der Waals surface area contributed by atoms with Crippen LogP contribution in [0.4, 0.5) is 0 Å². The molecule has 3 nitrogen and oxygen atoms in total. The highest BCUT2D eigenvalue weighted by Gasteiger charge is 2.15. The van der Waals surface area contributed by atoms with Crippen LogP contribution < -0.4 is 5.32 Å². The van der Waals surface area contributed by atoms with Crippen molar-refractivity contribution in [3.05, 3.63) is 50.8 Å². The number of rotatable bonds is 4. The Morgan fingerprint density at radius 2 is 2.10 bits per heavy atom. The molecule has 106 valence electrons. The van der Waals surface area contributed by atoms with Gasteiger partial charge in [0.1, 0.15) is 0 Å². The molecule has 1 unspecified atom stereocenters. The van der Waals surface area contributed by atoms with E-state index in [-0.39, 0.29) is 12.5 Å². The third kappa shape index (κ3) is 4.27. The number of thiophene rings is 1. The normalized spacial score (nSPS) is 12.2. The van der Waals surface area contributed by atoms with Crippen molar-refractivity contribution in [3.8, 4) is 0 Å². The molecule has 1 heterocycles. The second-order valence-corrected chi connectivity index (χ2v) is 8.30. The van der Waals surface area contributed by atoms with Crippen LogP contribution in [-0.4, -0.2) is 17.6 Å². The van der Waals surface area contributed by atoms with Gasteiger partial charge in [0.05, 0.1) is 11.7 Å². The maximum absolute atomic E-state index is 12.2. The monoisotopic (exact) mass is 625 g/mol. The van der Waals surface area contributed by atoms with Crippen molar-refractivity contribution in [3.63, 3.8) is 0 Å². The molecule has 0 spiro atoms. The minimum absolute atomic E-state index is 0.153. The molecule has 7 heteroatoms. The summed E-state index contributed by atoms with van der Waals surface area (Å²) in [6, 6.07) is 5.75. The van der Waals surface area contributed by atoms with Crippen LogP contribution in [0, 0.1) is 10.7 Å². The van der Waals surface area contributed by atoms with E-state index in [4.69, 9.17) is 0 Å². The Balaban J connectivity index is 2.06. The summed E-state index contributed by atoms with van der Waals surface area (Å²) in [5.74, 6) is -0.153. The fourth-order valence-electron chi connectivity index (χ4n) is 1.59. The third-order valence-electron chi connectivity index (χ3n) is 2.62. The summed E-state index contributed by atoms with van der Waals surface area (Å²) >= 11 is 8.12. The van der Waals surface area contributed by atoms with Crippen LogP contribution in [-0.2, 0) is 0 Å². The van der Waals surface area contributed by atoms with Crippen molar-refractivity contribution >= 4 is 85.0 Å². The summed E-state index contributed by atoms with van der Waals surface area (Å²) in [5.41, 5.74) is 1.49. The molecule has 1 atom stereocenters. The highest BCUT2D eigenvalue weighted by Crippen LogP contribution is 2.23. The zero-order valence-electron chi connectivity index (χ0n) is 10.1. The maximum Gasteiger partial charge on any atom is 0.252 e. The van der Waals surface area contributed by atoms with E-state index < -0.39 is 6.10 Å². The molecule has 0 aliphatic carbocycles. The van der Waals surface area contributed by atoms with Crippen LogP contribution in [0.15, 0.2) is 29.0 Å². The summed E-state index contributed by atoms with van der Waals surface area (Å²) in [4.78, 5) is 12.2. The largest absolute Gasteiger partial charge is 0.387 e. The fourth-order valence-corrected chi connectivity index (χ4v) is 4.70. The Kier molecular flexibility index (Phi) is 6.51. The number of aliphatic hydroxyl groups excluding tert-OH is 1. The van der Waals surface area contributed by atoms with Gasteiger partial charge in [-0.25, -0.2) is 0 Å². The van der Waals surface area contributed by atoms with Crippen LogP contribution in [0.5, 0.6) is 0 Å². The number of benzene rings is 1. The molecule has 0 aliphatic rings. The van der Waals surface area contributed by atoms with E-state index in [1.807, 2.05) is 29.0 Å². The number of carbonyl (C=O) groups is 1. The molecule has 1 amide bonds. The molecule has 0 radical (unpaired) electrons. The lowest BCUT2D eigenvalue weighted by molar-refractivity contribution is 0.0915. The zero-order valence-corrected chi connectivity index (χ0v) is 17.4. The molecule has 0 saturated heterocycles. The average Bonchev–Trinajstić information content (AvgIpc) is 2.93. The summed E-state index contributed by atoms with van der Waals surface area (Å²) in [6.45, 7) is 0.216. The van der Waals surface area contributed by atoms with E-state index in [2.05, 4.69) is 73.1 Å². The maximum atomic E-state index is 12.2. The van der Waals surface area contributed by atoms with E-state index in [0.29, 0.717) is 5.56 Å². The van der Waals surface area contributed by atoms with Gasteiger partial charge in [-0.15, -0.1) is 0 Å². The Hall–Kier alpha value is 0.540. The molecule has 1 aromatic carbocycles. The highest BCUT2D eigenvalue weighted by atomic mass is 127. The van der Waals surface area contributed by atoms with E-state index >= 15 is 0 Å². The predicted octanol–water partition coefficient (Wildman–Crippen LogP) is 4.03. The van der Waals surface area contributed by atoms with E-state index in [1.165, 1.54) is 11.3 Å². The van der Waals surface area contributed by atoms with Crippen molar-refractivity contribution < 1.29 is 9.90 Å². The predicted molar refractivity (Wildman–Crippen MR) is 106 cm³/mol. The van der Waals surface area contributed by atoms with Crippen LogP contribution >= 0.6 is 79.1 Å². The molecule has 0 aliphatic heterocycles. The van der Waals surface area contributed by atoms with Crippen molar-refractivity contribution in [2.75, 3.05) is 6.54 Å². The minimum atomic E-state index is -0.662. The van der Waals surface area contributed by atoms with Crippen LogP contribution in [0.2, 0.25) is 0 Å². The molecule has 1 aromatic heterocycles. The lowest BCUT2D eigenvalue weighted by Gasteiger charge is -2.12. The molecule has 0 fully saturated rings. The topological polar surface area (TPSA) is 49.3 Å². The number of hydrogen-bond acceptors (Lipinski definition) is 3. The van der Waals surface area contributed by atoms with Crippen molar-refractivity contribution in [2.24, 2.45) is 0 Å². The zero-order chi connectivity index (χ0) is 14.7. The van der Waals surface area contributed by atoms with Crippen molar-refractivity contribution in [1.29, 1.82) is 0 Å². The van der Waals surface area contributed by atoms with Gasteiger partial charge in [0.15, 0.2) is 0 Å². The van der Waals surface area contributed by atoms with E-state index in [9.17, 15) is 9.90 Å². The van der Waals surface area contributed by atoms with Gasteiger partial charge in [0.25, 0.3) is 5.91 Å². The summed E-state index contributed by atoms with van der Waals surface area (Å²) in [6.07, 6.45) is -0.662. The third-order valence-corrected chi connectivity index (χ3v) is 6.99. The first-order valence-corrected chi connectivity index (χ1v) is 9.80. The smallest absolute Gasteiger partial charge is 0.252 e. The molecule has 0 saturated carbocycles. The Labute approximate surface area is 162 Å². The second-order valence-electron chi connectivity index (χ2n) is 4.03. The second kappa shape index (κ2) is 7.70. The van der Waals surface area contributed by atoms with Gasteiger partial charge in [-0.2, -0.15) is 11.3 Å². The summed E-state index contributed by atoms with van der Waals surface area (Å²) < 4.78 is 3.01. The number of hydrogen-bond donors (Lipinski definition) is 2. The molecular weight excluding hydrogens is 615 g/mol. The lowest BCUT2D eigenvalue weighted by atomic mass is 10.2. The number of halogens is 3. The standard InChI is InChI=1S/C13H10I3NO2S/c14-8-3-9(12(16)10(15)4-8)13(19)17-5-11(18)7-1-2-20-6-7/h1-4,6,11,18H,5H2,(H,17,19). The number of aliphatic hydroxyl groups is 1. The number of amides is 1. The molecular formula is C13H10I3NO2S. The van der Waals surface area contributed by atoms with Crippen LogP contribution in [0.1, 0.15) is 22.0 Å². The minimum Gasteiger partial charge on any atom is -0.387 e. The first-order chi connectivity index (χ1) is 9.49. The first kappa shape index (κ1) is 16.9. The molecule has 0 bridgehead atoms. The van der Waals surface area contributed by atoms with Gasteiger partial charge in [0.2, 0.25) is 0 Å². The fraction of sp³-hybridized carbons (Fsp3) is 0.154. The van der Waals surface area contributed by atoms with Gasteiger partial charge in [-0.05, 0) is 102 Å². The Morgan fingerprint density at radius 1 is 1.35 bits per heavy atom. The van der Waals surface area contributed by atoms with Crippen molar-refractivity contribution in [2.45, 2.75) is 6.10 Å². The molecule has 20 heavy (non-hydrogen) atoms. The molecule has 2 N–H and O–H groups in total. The first-order valence-electron chi connectivity index (χ1n) is 5.62. The molecule has 2 aromatic rings. The Morgan fingerprint density at radius 3 is 2.75 bits per heavy atom. The van der Waals surface area contributed by atoms with Gasteiger partial charge in [0, 0.05) is 17.3 Å². The highest BCUT2D eigenvalue weighted by molar-refractivity contribution is 14.1. The number of carbonyl (C=O) groups excluding carboxylic acids is 1. The SMILES string of the molecule is O=C(NCC(O)c1ccsc1)c1cc(I)cc(I)c1I. The van der Waals surface area contributed by atoms with E-state index in [1.54, 1.807) is 0 Å².